The van der Waals surface area contributed by atoms with Gasteiger partial charge in [0.05, 0.1) is 16.3 Å². The van der Waals surface area contributed by atoms with E-state index in [0.717, 1.165) is 29.0 Å². The van der Waals surface area contributed by atoms with Crippen LogP contribution in [0.15, 0.2) is 17.8 Å². The number of thiophene rings is 1. The molecule has 0 radical (unpaired) electrons. The van der Waals surface area contributed by atoms with Crippen LogP contribution in [-0.2, 0) is 0 Å². The average molecular weight is 221 g/mol. The van der Waals surface area contributed by atoms with Gasteiger partial charge < -0.3 is 10.0 Å². The zero-order valence-electron chi connectivity index (χ0n) is 8.13. The van der Waals surface area contributed by atoms with E-state index in [-0.39, 0.29) is 6.10 Å². The summed E-state index contributed by atoms with van der Waals surface area (Å²) in [5, 5.41) is 11.5. The molecule has 1 saturated heterocycles. The van der Waals surface area contributed by atoms with Crippen molar-refractivity contribution in [2.75, 3.05) is 18.0 Å². The highest BCUT2D eigenvalue weighted by molar-refractivity contribution is 7.17. The Hall–Kier alpha value is -1.20. The molecule has 0 bridgehead atoms. The highest BCUT2D eigenvalue weighted by Gasteiger charge is 2.23. The zero-order valence-corrected chi connectivity index (χ0v) is 8.94. The minimum Gasteiger partial charge on any atom is -0.391 e. The SMILES string of the molecule is OC1CCN(c2ncnc3ccsc23)C1. The molecule has 0 spiro atoms. The molecule has 1 aliphatic rings. The quantitative estimate of drug-likeness (QED) is 0.787. The van der Waals surface area contributed by atoms with Crippen LogP contribution >= 0.6 is 11.3 Å². The van der Waals surface area contributed by atoms with Gasteiger partial charge in [0, 0.05) is 13.1 Å². The van der Waals surface area contributed by atoms with Gasteiger partial charge in [0.2, 0.25) is 0 Å². The minimum absolute atomic E-state index is 0.213. The van der Waals surface area contributed by atoms with E-state index in [1.54, 1.807) is 17.7 Å². The zero-order chi connectivity index (χ0) is 10.3. The van der Waals surface area contributed by atoms with Crippen LogP contribution in [0.3, 0.4) is 0 Å². The molecule has 0 saturated carbocycles. The minimum atomic E-state index is -0.213. The number of β-amino-alcohol motifs (C(OH)–C–C–N with tert-alkyl or cyclic N) is 1. The maximum Gasteiger partial charge on any atom is 0.150 e. The molecule has 0 amide bonds. The van der Waals surface area contributed by atoms with Crippen LogP contribution < -0.4 is 4.90 Å². The Morgan fingerprint density at radius 2 is 2.40 bits per heavy atom. The Morgan fingerprint density at radius 3 is 3.20 bits per heavy atom. The van der Waals surface area contributed by atoms with Crippen molar-refractivity contribution in [3.05, 3.63) is 17.8 Å². The number of aromatic nitrogens is 2. The first-order valence-electron chi connectivity index (χ1n) is 4.96. The lowest BCUT2D eigenvalue weighted by Crippen LogP contribution is -2.22. The third-order valence-electron chi connectivity index (χ3n) is 2.69. The van der Waals surface area contributed by atoms with Crippen molar-refractivity contribution in [1.29, 1.82) is 0 Å². The van der Waals surface area contributed by atoms with E-state index in [4.69, 9.17) is 0 Å². The monoisotopic (exact) mass is 221 g/mol. The van der Waals surface area contributed by atoms with Crippen LogP contribution in [0.4, 0.5) is 5.82 Å². The smallest absolute Gasteiger partial charge is 0.150 e. The molecule has 5 heteroatoms. The van der Waals surface area contributed by atoms with Gasteiger partial charge in [-0.3, -0.25) is 0 Å². The van der Waals surface area contributed by atoms with Crippen LogP contribution in [0.5, 0.6) is 0 Å². The molecule has 0 aromatic carbocycles. The lowest BCUT2D eigenvalue weighted by Gasteiger charge is -2.16. The standard InChI is InChI=1S/C10H11N3OS/c14-7-1-3-13(5-7)10-9-8(2-4-15-9)11-6-12-10/h2,4,6-7,14H,1,3,5H2. The normalized spacial score (nSPS) is 21.4. The average Bonchev–Trinajstić information content (AvgIpc) is 2.84. The molecule has 1 aliphatic heterocycles. The van der Waals surface area contributed by atoms with Crippen molar-refractivity contribution < 1.29 is 5.11 Å². The maximum absolute atomic E-state index is 9.50. The molecule has 1 N–H and O–H groups in total. The van der Waals surface area contributed by atoms with Crippen LogP contribution in [0, 0.1) is 0 Å². The molecule has 1 unspecified atom stereocenters. The Balaban J connectivity index is 2.06. The predicted molar refractivity (Wildman–Crippen MR) is 60.3 cm³/mol. The number of anilines is 1. The maximum atomic E-state index is 9.50. The predicted octanol–water partition coefficient (Wildman–Crippen LogP) is 1.26. The van der Waals surface area contributed by atoms with Gasteiger partial charge in [-0.15, -0.1) is 11.3 Å². The van der Waals surface area contributed by atoms with Crippen LogP contribution in [0.25, 0.3) is 10.2 Å². The number of hydrogen-bond acceptors (Lipinski definition) is 5. The summed E-state index contributed by atoms with van der Waals surface area (Å²) in [4.78, 5) is 10.6. The summed E-state index contributed by atoms with van der Waals surface area (Å²) in [6.07, 6.45) is 2.21. The molecular formula is C10H11N3OS. The summed E-state index contributed by atoms with van der Waals surface area (Å²) in [7, 11) is 0. The largest absolute Gasteiger partial charge is 0.391 e. The second-order valence-electron chi connectivity index (χ2n) is 3.72. The molecule has 4 nitrogen and oxygen atoms in total. The molecule has 1 fully saturated rings. The molecule has 3 heterocycles. The first-order chi connectivity index (χ1) is 7.34. The summed E-state index contributed by atoms with van der Waals surface area (Å²) in [5.74, 6) is 0.964. The molecule has 2 aromatic heterocycles. The molecule has 1 atom stereocenters. The molecule has 3 rings (SSSR count). The van der Waals surface area contributed by atoms with Gasteiger partial charge in [0.25, 0.3) is 0 Å². The number of aliphatic hydroxyl groups is 1. The van der Waals surface area contributed by atoms with Crippen LogP contribution in [0.1, 0.15) is 6.42 Å². The van der Waals surface area contributed by atoms with E-state index in [1.807, 2.05) is 11.4 Å². The van der Waals surface area contributed by atoms with Gasteiger partial charge in [-0.1, -0.05) is 0 Å². The number of fused-ring (bicyclic) bond motifs is 1. The van der Waals surface area contributed by atoms with E-state index in [2.05, 4.69) is 14.9 Å². The van der Waals surface area contributed by atoms with E-state index >= 15 is 0 Å². The van der Waals surface area contributed by atoms with Crippen molar-refractivity contribution in [3.63, 3.8) is 0 Å². The summed E-state index contributed by atoms with van der Waals surface area (Å²) in [5.41, 5.74) is 0.992. The Morgan fingerprint density at radius 1 is 1.47 bits per heavy atom. The van der Waals surface area contributed by atoms with Crippen molar-refractivity contribution in [1.82, 2.24) is 9.97 Å². The topological polar surface area (TPSA) is 49.2 Å². The van der Waals surface area contributed by atoms with Gasteiger partial charge >= 0.3 is 0 Å². The third kappa shape index (κ3) is 1.48. The van der Waals surface area contributed by atoms with Crippen LogP contribution in [-0.4, -0.2) is 34.3 Å². The first kappa shape index (κ1) is 9.06. The van der Waals surface area contributed by atoms with Crippen molar-refractivity contribution in [3.8, 4) is 0 Å². The molecule has 78 valence electrons. The van der Waals surface area contributed by atoms with E-state index < -0.39 is 0 Å². The third-order valence-corrected chi connectivity index (χ3v) is 3.59. The van der Waals surface area contributed by atoms with Crippen molar-refractivity contribution >= 4 is 27.4 Å². The lowest BCUT2D eigenvalue weighted by atomic mass is 10.3. The summed E-state index contributed by atoms with van der Waals surface area (Å²) >= 11 is 1.65. The van der Waals surface area contributed by atoms with Gasteiger partial charge in [-0.2, -0.15) is 0 Å². The number of aliphatic hydroxyl groups excluding tert-OH is 1. The fraction of sp³-hybridized carbons (Fsp3) is 0.400. The van der Waals surface area contributed by atoms with Gasteiger partial charge in [-0.25, -0.2) is 9.97 Å². The molecule has 15 heavy (non-hydrogen) atoms. The highest BCUT2D eigenvalue weighted by Crippen LogP contribution is 2.29. The van der Waals surface area contributed by atoms with Crippen LogP contribution in [0.2, 0.25) is 0 Å². The second-order valence-corrected chi connectivity index (χ2v) is 4.64. The lowest BCUT2D eigenvalue weighted by molar-refractivity contribution is 0.198. The van der Waals surface area contributed by atoms with E-state index in [1.165, 1.54) is 0 Å². The Bertz CT molecular complexity index is 484. The number of rotatable bonds is 1. The van der Waals surface area contributed by atoms with Gasteiger partial charge in [0.15, 0.2) is 0 Å². The molecule has 2 aromatic rings. The highest BCUT2D eigenvalue weighted by atomic mass is 32.1. The molecular weight excluding hydrogens is 210 g/mol. The summed E-state index contributed by atoms with van der Waals surface area (Å²) < 4.78 is 1.12. The number of nitrogens with zero attached hydrogens (tertiary/aromatic N) is 3. The fourth-order valence-electron chi connectivity index (χ4n) is 1.94. The second kappa shape index (κ2) is 3.43. The summed E-state index contributed by atoms with van der Waals surface area (Å²) in [6, 6.07) is 2.00. The van der Waals surface area contributed by atoms with E-state index in [0.29, 0.717) is 6.54 Å². The van der Waals surface area contributed by atoms with Gasteiger partial charge in [0.1, 0.15) is 12.1 Å². The number of hydrogen-bond donors (Lipinski definition) is 1. The summed E-state index contributed by atoms with van der Waals surface area (Å²) in [6.45, 7) is 1.56. The Labute approximate surface area is 91.2 Å². The molecule has 0 aliphatic carbocycles. The van der Waals surface area contributed by atoms with Crippen molar-refractivity contribution in [2.24, 2.45) is 0 Å². The Kier molecular flexibility index (Phi) is 2.07. The fourth-order valence-corrected chi connectivity index (χ4v) is 2.80. The van der Waals surface area contributed by atoms with E-state index in [9.17, 15) is 5.11 Å². The first-order valence-corrected chi connectivity index (χ1v) is 5.84. The van der Waals surface area contributed by atoms with Gasteiger partial charge in [-0.05, 0) is 17.9 Å². The van der Waals surface area contributed by atoms with Crippen molar-refractivity contribution in [2.45, 2.75) is 12.5 Å².